The van der Waals surface area contributed by atoms with E-state index in [4.69, 9.17) is 9.47 Å². The average Bonchev–Trinajstić information content (AvgIpc) is 3.16. The molecule has 4 nitrogen and oxygen atoms in total. The summed E-state index contributed by atoms with van der Waals surface area (Å²) in [7, 11) is 0. The maximum atomic E-state index is 12.1. The number of carbonyl (C=O) groups excluding carboxylic acids is 2. The van der Waals surface area contributed by atoms with Crippen LogP contribution in [0.25, 0.3) is 29.0 Å². The van der Waals surface area contributed by atoms with Gasteiger partial charge in [-0.15, -0.1) is 0 Å². The van der Waals surface area contributed by atoms with Crippen molar-refractivity contribution >= 4 is 40.9 Å². The van der Waals surface area contributed by atoms with Crippen molar-refractivity contribution in [3.8, 4) is 0 Å². The summed E-state index contributed by atoms with van der Waals surface area (Å²) in [6.45, 7) is 1.72. The Morgan fingerprint density at radius 1 is 1.04 bits per heavy atom. The number of rotatable bonds is 6. The van der Waals surface area contributed by atoms with Gasteiger partial charge in [-0.1, -0.05) is 42.5 Å². The third-order valence-corrected chi connectivity index (χ3v) is 5.08. The smallest absolute Gasteiger partial charge is 0.311 e. The summed E-state index contributed by atoms with van der Waals surface area (Å²) in [5.41, 5.74) is 2.54. The van der Waals surface area contributed by atoms with Gasteiger partial charge < -0.3 is 9.47 Å². The summed E-state index contributed by atoms with van der Waals surface area (Å²) in [6, 6.07) is 8.59. The van der Waals surface area contributed by atoms with Crippen LogP contribution in [-0.2, 0) is 25.5 Å². The average molecular weight is 374 g/mol. The molecule has 0 aliphatic heterocycles. The van der Waals surface area contributed by atoms with Gasteiger partial charge in [0.15, 0.2) is 0 Å². The van der Waals surface area contributed by atoms with Gasteiger partial charge in [0.1, 0.15) is 5.76 Å². The normalized spacial score (nSPS) is 13.8. The molecule has 0 atom stereocenters. The van der Waals surface area contributed by atoms with Gasteiger partial charge in [-0.25, -0.2) is 0 Å². The lowest BCUT2D eigenvalue weighted by Gasteiger charge is -2.14. The molecule has 0 heterocycles. The summed E-state index contributed by atoms with van der Waals surface area (Å²) in [6.07, 6.45) is 12.6. The van der Waals surface area contributed by atoms with Crippen LogP contribution in [-0.4, -0.2) is 18.5 Å². The zero-order chi connectivity index (χ0) is 19.5. The van der Waals surface area contributed by atoms with E-state index in [2.05, 4.69) is 42.5 Å². The van der Waals surface area contributed by atoms with Crippen molar-refractivity contribution in [3.63, 3.8) is 0 Å². The van der Waals surface area contributed by atoms with Gasteiger partial charge in [0.05, 0.1) is 6.61 Å². The number of ether oxygens (including phenoxy) is 2. The molecule has 2 aliphatic carbocycles. The van der Waals surface area contributed by atoms with Gasteiger partial charge in [0.2, 0.25) is 0 Å². The minimum absolute atomic E-state index is 0.256. The lowest BCUT2D eigenvalue weighted by molar-refractivity contribution is -0.141. The number of fused-ring (bicyclic) bond motifs is 5. The Morgan fingerprint density at radius 3 is 2.71 bits per heavy atom. The standard InChI is InChI=1S/C24H22O4/c1-16(25)27-14-3-2-7-24(26)28-19-10-13-21-18(15-19)9-12-22-20-6-4-5-17(20)8-11-23(21)22/h4-6,8-12,15H,2-3,7,13-14H2,1H3. The Morgan fingerprint density at radius 2 is 1.86 bits per heavy atom. The van der Waals surface area contributed by atoms with Crippen molar-refractivity contribution in [3.05, 3.63) is 63.7 Å². The molecule has 2 aliphatic rings. The Kier molecular flexibility index (Phi) is 5.11. The lowest BCUT2D eigenvalue weighted by Crippen LogP contribution is -2.16. The molecule has 0 N–H and O–H groups in total. The van der Waals surface area contributed by atoms with E-state index in [1.54, 1.807) is 0 Å². The molecule has 0 amide bonds. The Hall–Kier alpha value is -3.14. The van der Waals surface area contributed by atoms with Crippen LogP contribution in [0.2, 0.25) is 0 Å². The first-order chi connectivity index (χ1) is 13.6. The van der Waals surface area contributed by atoms with Gasteiger partial charge >= 0.3 is 11.9 Å². The highest BCUT2D eigenvalue weighted by Gasteiger charge is 2.13. The van der Waals surface area contributed by atoms with E-state index in [0.717, 1.165) is 11.6 Å². The monoisotopic (exact) mass is 374 g/mol. The van der Waals surface area contributed by atoms with Crippen molar-refractivity contribution in [1.29, 1.82) is 0 Å². The van der Waals surface area contributed by atoms with Crippen LogP contribution in [0.5, 0.6) is 0 Å². The Labute approximate surface area is 163 Å². The molecule has 0 spiro atoms. The van der Waals surface area contributed by atoms with Crippen molar-refractivity contribution in [1.82, 2.24) is 0 Å². The molecule has 0 bridgehead atoms. The summed E-state index contributed by atoms with van der Waals surface area (Å²) in [5.74, 6) is 0.0501. The van der Waals surface area contributed by atoms with Crippen molar-refractivity contribution in [2.75, 3.05) is 6.61 Å². The molecular weight excluding hydrogens is 352 g/mol. The quantitative estimate of drug-likeness (QED) is 0.576. The van der Waals surface area contributed by atoms with E-state index in [9.17, 15) is 9.59 Å². The Balaban J connectivity index is 1.44. The maximum absolute atomic E-state index is 12.1. The molecule has 0 saturated heterocycles. The number of hydrogen-bond donors (Lipinski definition) is 0. The number of unbranched alkanes of at least 4 members (excludes halogenated alkanes) is 1. The molecule has 0 fully saturated rings. The maximum Gasteiger partial charge on any atom is 0.311 e. The minimum atomic E-state index is -0.296. The molecule has 4 heteroatoms. The third kappa shape index (κ3) is 3.77. The number of carbonyl (C=O) groups is 2. The SMILES string of the molecule is CC(=O)OCCCCC(=O)OC1=CCc2c(ccc3c4c(ccc23)=CC=C4)=C1. The summed E-state index contributed by atoms with van der Waals surface area (Å²) < 4.78 is 10.4. The molecule has 0 radical (unpaired) electrons. The van der Waals surface area contributed by atoms with Crippen LogP contribution >= 0.6 is 0 Å². The van der Waals surface area contributed by atoms with E-state index < -0.39 is 0 Å². The first-order valence-corrected chi connectivity index (χ1v) is 9.61. The summed E-state index contributed by atoms with van der Waals surface area (Å²) in [4.78, 5) is 22.8. The fourth-order valence-electron chi connectivity index (χ4n) is 3.72. The third-order valence-electron chi connectivity index (χ3n) is 5.08. The number of benzene rings is 2. The first-order valence-electron chi connectivity index (χ1n) is 9.61. The van der Waals surface area contributed by atoms with Crippen molar-refractivity contribution < 1.29 is 19.1 Å². The second-order valence-electron chi connectivity index (χ2n) is 7.05. The van der Waals surface area contributed by atoms with E-state index in [1.807, 2.05) is 12.2 Å². The molecule has 0 saturated carbocycles. The highest BCUT2D eigenvalue weighted by molar-refractivity contribution is 5.96. The van der Waals surface area contributed by atoms with Gasteiger partial charge in [0.25, 0.3) is 0 Å². The molecule has 0 aromatic heterocycles. The van der Waals surface area contributed by atoms with Crippen LogP contribution in [0.1, 0.15) is 37.3 Å². The molecule has 142 valence electrons. The highest BCUT2D eigenvalue weighted by atomic mass is 16.5. The fraction of sp³-hybridized carbons (Fsp3) is 0.250. The Bertz CT molecular complexity index is 1140. The molecule has 2 aromatic rings. The summed E-state index contributed by atoms with van der Waals surface area (Å²) >= 11 is 0. The van der Waals surface area contributed by atoms with Gasteiger partial charge in [-0.05, 0) is 63.8 Å². The molecule has 28 heavy (non-hydrogen) atoms. The second-order valence-corrected chi connectivity index (χ2v) is 7.05. The lowest BCUT2D eigenvalue weighted by atomic mass is 9.94. The topological polar surface area (TPSA) is 52.6 Å². The zero-order valence-corrected chi connectivity index (χ0v) is 15.9. The van der Waals surface area contributed by atoms with Crippen LogP contribution in [0.3, 0.4) is 0 Å². The van der Waals surface area contributed by atoms with Gasteiger partial charge in [0, 0.05) is 13.3 Å². The molecule has 0 unspecified atom stereocenters. The molecular formula is C24H22O4. The zero-order valence-electron chi connectivity index (χ0n) is 15.9. The van der Waals surface area contributed by atoms with Crippen LogP contribution < -0.4 is 10.4 Å². The van der Waals surface area contributed by atoms with E-state index in [1.165, 1.54) is 34.0 Å². The molecule has 2 aromatic carbocycles. The fourth-order valence-corrected chi connectivity index (χ4v) is 3.72. The number of esters is 2. The predicted molar refractivity (Wildman–Crippen MR) is 110 cm³/mol. The van der Waals surface area contributed by atoms with E-state index in [0.29, 0.717) is 31.6 Å². The van der Waals surface area contributed by atoms with Crippen LogP contribution in [0.4, 0.5) is 0 Å². The van der Waals surface area contributed by atoms with Gasteiger partial charge in [-0.3, -0.25) is 9.59 Å². The van der Waals surface area contributed by atoms with Crippen molar-refractivity contribution in [2.45, 2.75) is 32.6 Å². The van der Waals surface area contributed by atoms with E-state index >= 15 is 0 Å². The second kappa shape index (κ2) is 7.85. The number of allylic oxidation sites excluding steroid dienone is 3. The van der Waals surface area contributed by atoms with Crippen LogP contribution in [0, 0.1) is 0 Å². The first kappa shape index (κ1) is 18.2. The largest absolute Gasteiger partial charge is 0.466 e. The van der Waals surface area contributed by atoms with Crippen LogP contribution in [0.15, 0.2) is 42.2 Å². The van der Waals surface area contributed by atoms with Gasteiger partial charge in [-0.2, -0.15) is 0 Å². The minimum Gasteiger partial charge on any atom is -0.466 e. The molecule has 4 rings (SSSR count). The number of hydrogen-bond acceptors (Lipinski definition) is 4. The summed E-state index contributed by atoms with van der Waals surface area (Å²) in [5, 5.41) is 4.86. The van der Waals surface area contributed by atoms with Crippen molar-refractivity contribution in [2.24, 2.45) is 0 Å². The highest BCUT2D eigenvalue weighted by Crippen LogP contribution is 2.23. The van der Waals surface area contributed by atoms with E-state index in [-0.39, 0.29) is 11.9 Å². The predicted octanol–water partition coefficient (Wildman–Crippen LogP) is 3.14.